The van der Waals surface area contributed by atoms with Crippen molar-refractivity contribution in [1.82, 2.24) is 9.55 Å². The molecule has 0 atom stereocenters. The minimum atomic E-state index is -0.353. The average Bonchev–Trinajstić information content (AvgIpc) is 2.20. The second-order valence-corrected chi connectivity index (χ2v) is 3.74. The maximum Gasteiger partial charge on any atom is 0.263 e. The van der Waals surface area contributed by atoms with Gasteiger partial charge in [0, 0.05) is 4.47 Å². The largest absolute Gasteiger partial charge is 0.376 e. The minimum Gasteiger partial charge on any atom is -0.376 e. The van der Waals surface area contributed by atoms with Crippen LogP contribution in [0.4, 0.5) is 0 Å². The van der Waals surface area contributed by atoms with Crippen LogP contribution in [0, 0.1) is 0 Å². The number of hydrogen-bond acceptors (Lipinski definition) is 3. The number of aliphatic hydroxyl groups excluding tert-OH is 1. The molecular formula is C9H7BrN2O2. The standard InChI is InChI=1S/C9H7BrN2O2/c10-6-1-2-8-7(3-6)9(14)12(5-13)4-11-8/h1-4,13H,5H2. The number of nitrogens with zero attached hydrogens (tertiary/aromatic N) is 2. The molecule has 0 saturated heterocycles. The Labute approximate surface area is 88.0 Å². The number of rotatable bonds is 1. The van der Waals surface area contributed by atoms with Crippen LogP contribution in [0.2, 0.25) is 0 Å². The van der Waals surface area contributed by atoms with Gasteiger partial charge in [-0.2, -0.15) is 0 Å². The van der Waals surface area contributed by atoms with E-state index >= 15 is 0 Å². The van der Waals surface area contributed by atoms with Crippen LogP contribution in [0.15, 0.2) is 33.8 Å². The van der Waals surface area contributed by atoms with E-state index < -0.39 is 0 Å². The van der Waals surface area contributed by atoms with E-state index in [1.165, 1.54) is 6.33 Å². The fourth-order valence-corrected chi connectivity index (χ4v) is 1.59. The van der Waals surface area contributed by atoms with E-state index in [-0.39, 0.29) is 12.3 Å². The van der Waals surface area contributed by atoms with Crippen LogP contribution in [0.5, 0.6) is 0 Å². The van der Waals surface area contributed by atoms with Crippen LogP contribution >= 0.6 is 15.9 Å². The Kier molecular flexibility index (Phi) is 2.35. The molecule has 1 heterocycles. The van der Waals surface area contributed by atoms with Gasteiger partial charge in [0.15, 0.2) is 0 Å². The lowest BCUT2D eigenvalue weighted by atomic mass is 10.2. The summed E-state index contributed by atoms with van der Waals surface area (Å²) in [5.74, 6) is 0. The van der Waals surface area contributed by atoms with E-state index in [1.54, 1.807) is 12.1 Å². The Morgan fingerprint density at radius 1 is 1.50 bits per heavy atom. The summed E-state index contributed by atoms with van der Waals surface area (Å²) >= 11 is 3.27. The van der Waals surface area contributed by atoms with Crippen LogP contribution in [-0.4, -0.2) is 14.7 Å². The van der Waals surface area contributed by atoms with Gasteiger partial charge in [-0.1, -0.05) is 15.9 Å². The normalized spacial score (nSPS) is 10.7. The molecule has 0 unspecified atom stereocenters. The molecular weight excluding hydrogens is 248 g/mol. The van der Waals surface area contributed by atoms with Crippen molar-refractivity contribution in [3.8, 4) is 0 Å². The first kappa shape index (κ1) is 9.36. The lowest BCUT2D eigenvalue weighted by molar-refractivity contribution is 0.205. The van der Waals surface area contributed by atoms with Crippen molar-refractivity contribution in [2.24, 2.45) is 0 Å². The summed E-state index contributed by atoms with van der Waals surface area (Å²) in [7, 11) is 0. The monoisotopic (exact) mass is 254 g/mol. The Balaban J connectivity index is 2.87. The first-order chi connectivity index (χ1) is 6.72. The van der Waals surface area contributed by atoms with Gasteiger partial charge in [-0.3, -0.25) is 9.36 Å². The van der Waals surface area contributed by atoms with Crippen LogP contribution in [0.1, 0.15) is 0 Å². The molecule has 5 heteroatoms. The summed E-state index contributed by atoms with van der Waals surface area (Å²) in [5, 5.41) is 9.35. The SMILES string of the molecule is O=c1c2cc(Br)ccc2ncn1CO. The summed E-state index contributed by atoms with van der Waals surface area (Å²) in [5.41, 5.74) is 0.390. The smallest absolute Gasteiger partial charge is 0.263 e. The minimum absolute atomic E-state index is 0.237. The molecule has 0 amide bonds. The van der Waals surface area contributed by atoms with E-state index in [0.717, 1.165) is 9.04 Å². The average molecular weight is 255 g/mol. The molecule has 14 heavy (non-hydrogen) atoms. The van der Waals surface area contributed by atoms with E-state index in [2.05, 4.69) is 20.9 Å². The number of halogens is 1. The highest BCUT2D eigenvalue weighted by Gasteiger charge is 2.02. The Morgan fingerprint density at radius 2 is 2.29 bits per heavy atom. The van der Waals surface area contributed by atoms with Crippen molar-refractivity contribution < 1.29 is 5.11 Å². The van der Waals surface area contributed by atoms with Crippen molar-refractivity contribution in [3.05, 3.63) is 39.4 Å². The van der Waals surface area contributed by atoms with E-state index in [1.807, 2.05) is 6.07 Å². The second kappa shape index (κ2) is 3.51. The predicted molar refractivity (Wildman–Crippen MR) is 55.9 cm³/mol. The van der Waals surface area contributed by atoms with Gasteiger partial charge in [0.2, 0.25) is 0 Å². The molecule has 0 bridgehead atoms. The number of fused-ring (bicyclic) bond motifs is 1. The molecule has 0 aliphatic rings. The van der Waals surface area contributed by atoms with Crippen molar-refractivity contribution in [2.75, 3.05) is 0 Å². The Morgan fingerprint density at radius 3 is 3.00 bits per heavy atom. The Hall–Kier alpha value is -1.20. The topological polar surface area (TPSA) is 55.1 Å². The summed E-state index contributed by atoms with van der Waals surface area (Å²) in [6, 6.07) is 5.26. The first-order valence-corrected chi connectivity index (χ1v) is 4.77. The van der Waals surface area contributed by atoms with Crippen molar-refractivity contribution >= 4 is 26.8 Å². The molecule has 0 fully saturated rings. The fraction of sp³-hybridized carbons (Fsp3) is 0.111. The zero-order chi connectivity index (χ0) is 10.1. The van der Waals surface area contributed by atoms with Gasteiger partial charge in [0.1, 0.15) is 13.1 Å². The highest BCUT2D eigenvalue weighted by atomic mass is 79.9. The van der Waals surface area contributed by atoms with Gasteiger partial charge in [-0.05, 0) is 18.2 Å². The van der Waals surface area contributed by atoms with Gasteiger partial charge < -0.3 is 5.11 Å². The molecule has 0 radical (unpaired) electrons. The lowest BCUT2D eigenvalue weighted by Crippen LogP contribution is -2.20. The van der Waals surface area contributed by atoms with Gasteiger partial charge in [-0.25, -0.2) is 4.98 Å². The van der Waals surface area contributed by atoms with E-state index in [4.69, 9.17) is 5.11 Å². The predicted octanol–water partition coefficient (Wildman–Crippen LogP) is 1.11. The van der Waals surface area contributed by atoms with Crippen LogP contribution < -0.4 is 5.56 Å². The lowest BCUT2D eigenvalue weighted by Gasteiger charge is -2.02. The fourth-order valence-electron chi connectivity index (χ4n) is 1.23. The van der Waals surface area contributed by atoms with Gasteiger partial charge in [0.05, 0.1) is 10.9 Å². The highest BCUT2D eigenvalue weighted by Crippen LogP contribution is 2.14. The quantitative estimate of drug-likeness (QED) is 0.830. The molecule has 4 nitrogen and oxygen atoms in total. The molecule has 0 spiro atoms. The van der Waals surface area contributed by atoms with Crippen LogP contribution in [0.25, 0.3) is 10.9 Å². The first-order valence-electron chi connectivity index (χ1n) is 3.98. The Bertz CT molecular complexity index is 536. The highest BCUT2D eigenvalue weighted by molar-refractivity contribution is 9.10. The van der Waals surface area contributed by atoms with Gasteiger partial charge in [0.25, 0.3) is 5.56 Å². The molecule has 1 N–H and O–H groups in total. The molecule has 1 aromatic heterocycles. The third-order valence-electron chi connectivity index (χ3n) is 1.94. The third kappa shape index (κ3) is 1.44. The van der Waals surface area contributed by atoms with Crippen LogP contribution in [0.3, 0.4) is 0 Å². The zero-order valence-corrected chi connectivity index (χ0v) is 8.73. The zero-order valence-electron chi connectivity index (χ0n) is 7.14. The molecule has 0 aliphatic carbocycles. The number of hydrogen-bond donors (Lipinski definition) is 1. The third-order valence-corrected chi connectivity index (χ3v) is 2.43. The van der Waals surface area contributed by atoms with Crippen LogP contribution in [-0.2, 0) is 6.73 Å². The molecule has 2 rings (SSSR count). The number of benzene rings is 1. The van der Waals surface area contributed by atoms with Gasteiger partial charge >= 0.3 is 0 Å². The molecule has 2 aromatic rings. The summed E-state index contributed by atoms with van der Waals surface area (Å²) < 4.78 is 1.97. The van der Waals surface area contributed by atoms with Crippen molar-refractivity contribution in [2.45, 2.75) is 6.73 Å². The summed E-state index contributed by atoms with van der Waals surface area (Å²) in [4.78, 5) is 15.7. The van der Waals surface area contributed by atoms with Gasteiger partial charge in [-0.15, -0.1) is 0 Å². The molecule has 1 aromatic carbocycles. The van der Waals surface area contributed by atoms with Crippen molar-refractivity contribution in [1.29, 1.82) is 0 Å². The second-order valence-electron chi connectivity index (χ2n) is 2.82. The van der Waals surface area contributed by atoms with E-state index in [9.17, 15) is 4.79 Å². The number of aliphatic hydroxyl groups is 1. The summed E-state index contributed by atoms with van der Waals surface area (Å²) in [6.45, 7) is -0.353. The molecule has 0 saturated carbocycles. The van der Waals surface area contributed by atoms with E-state index in [0.29, 0.717) is 10.9 Å². The van der Waals surface area contributed by atoms with Crippen molar-refractivity contribution in [3.63, 3.8) is 0 Å². The maximum atomic E-state index is 11.7. The maximum absolute atomic E-state index is 11.7. The molecule has 72 valence electrons. The molecule has 0 aliphatic heterocycles. The summed E-state index contributed by atoms with van der Waals surface area (Å²) in [6.07, 6.45) is 1.33. The number of aromatic nitrogens is 2.